The van der Waals surface area contributed by atoms with E-state index in [1.54, 1.807) is 18.2 Å². The van der Waals surface area contributed by atoms with Crippen molar-refractivity contribution in [2.24, 2.45) is 0 Å². The zero-order valence-corrected chi connectivity index (χ0v) is 19.0. The number of amides is 1. The molecule has 6 nitrogen and oxygen atoms in total. The lowest BCUT2D eigenvalue weighted by atomic mass is 10.0. The quantitative estimate of drug-likeness (QED) is 0.686. The highest BCUT2D eigenvalue weighted by Gasteiger charge is 2.28. The molecule has 8 heteroatoms. The molecule has 0 atom stereocenters. The van der Waals surface area contributed by atoms with Crippen LogP contribution in [0, 0.1) is 6.92 Å². The lowest BCUT2D eigenvalue weighted by Gasteiger charge is -2.35. The Hall–Kier alpha value is -1.15. The Morgan fingerprint density at radius 2 is 1.75 bits per heavy atom. The van der Waals surface area contributed by atoms with Crippen LogP contribution in [0.25, 0.3) is 0 Å². The van der Waals surface area contributed by atoms with E-state index in [0.29, 0.717) is 25.2 Å². The molecule has 1 amide bonds. The van der Waals surface area contributed by atoms with Gasteiger partial charge in [0.25, 0.3) is 5.91 Å². The molecule has 1 aromatic carbocycles. The number of piperidine rings is 1. The van der Waals surface area contributed by atoms with Gasteiger partial charge < -0.3 is 10.2 Å². The van der Waals surface area contributed by atoms with Crippen molar-refractivity contribution in [3.8, 4) is 0 Å². The van der Waals surface area contributed by atoms with E-state index >= 15 is 0 Å². The fraction of sp³-hybridized carbons (Fsp3) is 0.650. The Morgan fingerprint density at radius 1 is 1.14 bits per heavy atom. The number of hydrogen-bond donors (Lipinski definition) is 1. The predicted octanol–water partition coefficient (Wildman–Crippen LogP) is 3.05. The monoisotopic (exact) mass is 431 g/mol. The maximum atomic E-state index is 13.3. The van der Waals surface area contributed by atoms with Crippen LogP contribution in [0.1, 0.15) is 56.0 Å². The van der Waals surface area contributed by atoms with Crippen LogP contribution in [0.4, 0.5) is 0 Å². The maximum Gasteiger partial charge on any atom is 0.254 e. The first kappa shape index (κ1) is 24.9. The zero-order valence-electron chi connectivity index (χ0n) is 17.4. The predicted molar refractivity (Wildman–Crippen MR) is 116 cm³/mol. The van der Waals surface area contributed by atoms with E-state index in [0.717, 1.165) is 37.9 Å². The molecule has 1 saturated heterocycles. The number of carbonyl (C=O) groups is 1. The van der Waals surface area contributed by atoms with E-state index in [2.05, 4.69) is 12.2 Å². The minimum Gasteiger partial charge on any atom is -0.336 e. The molecule has 160 valence electrons. The number of benzene rings is 1. The average molecular weight is 432 g/mol. The molecular formula is C20H34ClN3O3S. The van der Waals surface area contributed by atoms with Gasteiger partial charge in [-0.2, -0.15) is 4.31 Å². The Balaban J connectivity index is 0.00000392. The molecule has 1 N–H and O–H groups in total. The summed E-state index contributed by atoms with van der Waals surface area (Å²) in [6.07, 6.45) is 2.75. The third kappa shape index (κ3) is 5.47. The Bertz CT molecular complexity index is 745. The van der Waals surface area contributed by atoms with Crippen LogP contribution in [0.15, 0.2) is 23.1 Å². The van der Waals surface area contributed by atoms with Gasteiger partial charge in [0.05, 0.1) is 4.90 Å². The van der Waals surface area contributed by atoms with Gasteiger partial charge in [0.15, 0.2) is 0 Å². The first-order valence-electron chi connectivity index (χ1n) is 9.99. The molecule has 0 aliphatic carbocycles. The number of sulfonamides is 1. The van der Waals surface area contributed by atoms with Crippen molar-refractivity contribution in [3.63, 3.8) is 0 Å². The third-order valence-corrected chi connectivity index (χ3v) is 7.30. The Morgan fingerprint density at radius 3 is 2.29 bits per heavy atom. The highest BCUT2D eigenvalue weighted by molar-refractivity contribution is 7.89. The van der Waals surface area contributed by atoms with E-state index in [4.69, 9.17) is 0 Å². The molecule has 0 radical (unpaired) electrons. The number of halogens is 1. The van der Waals surface area contributed by atoms with Gasteiger partial charge in [-0.1, -0.05) is 26.8 Å². The van der Waals surface area contributed by atoms with Crippen molar-refractivity contribution >= 4 is 28.3 Å². The summed E-state index contributed by atoms with van der Waals surface area (Å²) in [6, 6.07) is 5.13. The van der Waals surface area contributed by atoms with E-state index in [-0.39, 0.29) is 29.3 Å². The van der Waals surface area contributed by atoms with E-state index < -0.39 is 10.0 Å². The smallest absolute Gasteiger partial charge is 0.254 e. The lowest BCUT2D eigenvalue weighted by molar-refractivity contribution is 0.0641. The summed E-state index contributed by atoms with van der Waals surface area (Å²) in [6.45, 7) is 10.9. The van der Waals surface area contributed by atoms with Crippen LogP contribution >= 0.6 is 12.4 Å². The highest BCUT2D eigenvalue weighted by atomic mass is 35.5. The van der Waals surface area contributed by atoms with Crippen molar-refractivity contribution in [2.45, 2.75) is 57.9 Å². The molecule has 28 heavy (non-hydrogen) atoms. The molecule has 0 unspecified atom stereocenters. The fourth-order valence-electron chi connectivity index (χ4n) is 3.67. The van der Waals surface area contributed by atoms with Crippen LogP contribution in [0.2, 0.25) is 0 Å². The highest BCUT2D eigenvalue weighted by Crippen LogP contribution is 2.23. The Labute approximate surface area is 176 Å². The van der Waals surface area contributed by atoms with Gasteiger partial charge in [-0.15, -0.1) is 12.4 Å². The molecule has 0 spiro atoms. The molecule has 0 saturated carbocycles. The molecule has 1 aliphatic heterocycles. The second kappa shape index (κ2) is 11.1. The summed E-state index contributed by atoms with van der Waals surface area (Å²) < 4.78 is 27.2. The van der Waals surface area contributed by atoms with Gasteiger partial charge in [-0.25, -0.2) is 8.42 Å². The number of nitrogens with one attached hydrogen (secondary N) is 1. The summed E-state index contributed by atoms with van der Waals surface area (Å²) in [5, 5.41) is 3.33. The number of hydrogen-bond acceptors (Lipinski definition) is 4. The second-order valence-corrected chi connectivity index (χ2v) is 8.98. The number of carbonyl (C=O) groups excluding carboxylic acids is 1. The maximum absolute atomic E-state index is 13.3. The first-order valence-corrected chi connectivity index (χ1v) is 11.4. The minimum atomic E-state index is -3.58. The summed E-state index contributed by atoms with van der Waals surface area (Å²) >= 11 is 0. The van der Waals surface area contributed by atoms with Crippen LogP contribution in [0.5, 0.6) is 0 Å². The van der Waals surface area contributed by atoms with Crippen molar-refractivity contribution < 1.29 is 13.2 Å². The Kier molecular flexibility index (Phi) is 9.90. The van der Waals surface area contributed by atoms with Crippen LogP contribution < -0.4 is 5.32 Å². The number of rotatable bonds is 8. The van der Waals surface area contributed by atoms with Gasteiger partial charge in [0.2, 0.25) is 10.0 Å². The fourth-order valence-corrected chi connectivity index (χ4v) is 5.15. The summed E-state index contributed by atoms with van der Waals surface area (Å²) in [4.78, 5) is 15.5. The minimum absolute atomic E-state index is 0. The summed E-state index contributed by atoms with van der Waals surface area (Å²) in [5.41, 5.74) is 1.31. The van der Waals surface area contributed by atoms with Crippen LogP contribution in [-0.2, 0) is 10.0 Å². The second-order valence-electron chi connectivity index (χ2n) is 7.05. The van der Waals surface area contributed by atoms with Gasteiger partial charge in [-0.3, -0.25) is 4.79 Å². The number of aryl methyl sites for hydroxylation is 1. The van der Waals surface area contributed by atoms with E-state index in [9.17, 15) is 13.2 Å². The number of nitrogens with zero attached hydrogens (tertiary/aromatic N) is 2. The molecule has 1 heterocycles. The zero-order chi connectivity index (χ0) is 20.0. The van der Waals surface area contributed by atoms with Crippen molar-refractivity contribution in [1.82, 2.24) is 14.5 Å². The molecule has 1 fully saturated rings. The first-order chi connectivity index (χ1) is 12.9. The SMILES string of the molecule is CCCN(C(=O)c1cc(S(=O)(=O)N(CC)CC)ccc1C)C1CCNCC1.Cl. The van der Waals surface area contributed by atoms with Crippen molar-refractivity contribution in [3.05, 3.63) is 29.3 Å². The van der Waals surface area contributed by atoms with Crippen LogP contribution in [0.3, 0.4) is 0 Å². The van der Waals surface area contributed by atoms with Crippen molar-refractivity contribution in [1.29, 1.82) is 0 Å². The van der Waals surface area contributed by atoms with Gasteiger partial charge in [0.1, 0.15) is 0 Å². The van der Waals surface area contributed by atoms with E-state index in [1.165, 1.54) is 4.31 Å². The summed E-state index contributed by atoms with van der Waals surface area (Å²) in [7, 11) is -3.58. The van der Waals surface area contributed by atoms with Gasteiger partial charge in [0, 0.05) is 31.2 Å². The topological polar surface area (TPSA) is 69.7 Å². The third-order valence-electron chi connectivity index (χ3n) is 5.26. The standard InChI is InChI=1S/C20H33N3O3S.ClH/c1-5-14-23(17-10-12-21-13-11-17)20(24)19-15-18(9-8-16(19)4)27(25,26)22(6-2)7-3;/h8-9,15,17,21H,5-7,10-14H2,1-4H3;1H. The van der Waals surface area contributed by atoms with E-state index in [1.807, 2.05) is 25.7 Å². The molecule has 2 rings (SSSR count). The summed E-state index contributed by atoms with van der Waals surface area (Å²) in [5.74, 6) is -0.0575. The largest absolute Gasteiger partial charge is 0.336 e. The molecule has 1 aliphatic rings. The van der Waals surface area contributed by atoms with Gasteiger partial charge in [-0.05, 0) is 57.0 Å². The lowest BCUT2D eigenvalue weighted by Crippen LogP contribution is -2.46. The normalized spacial score (nSPS) is 15.3. The molecule has 0 bridgehead atoms. The van der Waals surface area contributed by atoms with Crippen molar-refractivity contribution in [2.75, 3.05) is 32.7 Å². The molecule has 0 aromatic heterocycles. The molecular weight excluding hydrogens is 398 g/mol. The average Bonchev–Trinajstić information content (AvgIpc) is 2.67. The van der Waals surface area contributed by atoms with Crippen LogP contribution in [-0.4, -0.2) is 62.3 Å². The molecule has 1 aromatic rings. The van der Waals surface area contributed by atoms with Gasteiger partial charge >= 0.3 is 0 Å².